The first kappa shape index (κ1) is 18.0. The first-order valence-electron chi connectivity index (χ1n) is 9.14. The summed E-state index contributed by atoms with van der Waals surface area (Å²) < 4.78 is 11.0. The Morgan fingerprint density at radius 2 is 1.93 bits per heavy atom. The highest BCUT2D eigenvalue weighted by atomic mass is 16.5. The number of ether oxygens (including phenoxy) is 1. The summed E-state index contributed by atoms with van der Waals surface area (Å²) in [5, 5.41) is 0. The highest BCUT2D eigenvalue weighted by molar-refractivity contribution is 5.99. The van der Waals surface area contributed by atoms with Crippen molar-refractivity contribution in [1.29, 1.82) is 0 Å². The number of amides is 1. The Balaban J connectivity index is 1.35. The summed E-state index contributed by atoms with van der Waals surface area (Å²) >= 11 is 0. The van der Waals surface area contributed by atoms with Crippen molar-refractivity contribution in [3.63, 3.8) is 0 Å². The second-order valence-electron chi connectivity index (χ2n) is 6.83. The lowest BCUT2D eigenvalue weighted by molar-refractivity contribution is -0.150. The molecule has 0 saturated carbocycles. The van der Waals surface area contributed by atoms with Crippen molar-refractivity contribution in [3.8, 4) is 11.3 Å². The zero-order valence-electron chi connectivity index (χ0n) is 15.5. The van der Waals surface area contributed by atoms with Crippen LogP contribution in [0.2, 0.25) is 0 Å². The van der Waals surface area contributed by atoms with Gasteiger partial charge in [0.25, 0.3) is 0 Å². The van der Waals surface area contributed by atoms with E-state index in [0.29, 0.717) is 18.2 Å². The third-order valence-corrected chi connectivity index (χ3v) is 4.75. The van der Waals surface area contributed by atoms with E-state index in [-0.39, 0.29) is 18.9 Å². The Hall–Kier alpha value is -3.41. The van der Waals surface area contributed by atoms with Gasteiger partial charge in [0.05, 0.1) is 12.1 Å². The van der Waals surface area contributed by atoms with Crippen molar-refractivity contribution in [2.45, 2.75) is 20.0 Å². The summed E-state index contributed by atoms with van der Waals surface area (Å²) in [4.78, 5) is 30.5. The molecule has 1 aliphatic rings. The molecule has 1 amide bonds. The van der Waals surface area contributed by atoms with E-state index < -0.39 is 11.9 Å². The van der Waals surface area contributed by atoms with Gasteiger partial charge in [-0.3, -0.25) is 9.59 Å². The lowest BCUT2D eigenvalue weighted by Crippen LogP contribution is -2.26. The molecule has 2 aromatic carbocycles. The number of hydrogen-bond donors (Lipinski definition) is 0. The fourth-order valence-electron chi connectivity index (χ4n) is 3.20. The van der Waals surface area contributed by atoms with Crippen LogP contribution in [0.3, 0.4) is 0 Å². The molecule has 1 fully saturated rings. The number of rotatable bonds is 5. The fraction of sp³-hybridized carbons (Fsp3) is 0.227. The van der Waals surface area contributed by atoms with E-state index in [2.05, 4.69) is 4.98 Å². The number of carbonyl (C=O) groups is 2. The van der Waals surface area contributed by atoms with Crippen LogP contribution < -0.4 is 4.90 Å². The van der Waals surface area contributed by atoms with Crippen molar-refractivity contribution in [1.82, 2.24) is 4.98 Å². The average molecular weight is 376 g/mol. The van der Waals surface area contributed by atoms with Crippen LogP contribution in [0.15, 0.2) is 65.2 Å². The van der Waals surface area contributed by atoms with Gasteiger partial charge in [0.15, 0.2) is 12.4 Å². The maximum Gasteiger partial charge on any atom is 0.311 e. The second-order valence-corrected chi connectivity index (χ2v) is 6.83. The molecule has 2 heterocycles. The van der Waals surface area contributed by atoms with E-state index in [9.17, 15) is 9.59 Å². The minimum atomic E-state index is -0.489. The van der Waals surface area contributed by atoms with Crippen molar-refractivity contribution in [3.05, 3.63) is 72.2 Å². The number of aryl methyl sites for hydroxylation is 1. The van der Waals surface area contributed by atoms with Crippen LogP contribution in [0.25, 0.3) is 11.3 Å². The summed E-state index contributed by atoms with van der Waals surface area (Å²) in [5.74, 6) is -0.0340. The molecule has 1 aliphatic heterocycles. The van der Waals surface area contributed by atoms with E-state index >= 15 is 0 Å². The third-order valence-electron chi connectivity index (χ3n) is 4.75. The first-order valence-corrected chi connectivity index (χ1v) is 9.14. The quantitative estimate of drug-likeness (QED) is 0.634. The number of oxazole rings is 1. The predicted octanol–water partition coefficient (Wildman–Crippen LogP) is 3.75. The number of esters is 1. The predicted molar refractivity (Wildman–Crippen MR) is 103 cm³/mol. The van der Waals surface area contributed by atoms with Gasteiger partial charge in [0.1, 0.15) is 0 Å². The molecule has 6 nitrogen and oxygen atoms in total. The van der Waals surface area contributed by atoms with E-state index in [4.69, 9.17) is 9.15 Å². The molecule has 28 heavy (non-hydrogen) atoms. The summed E-state index contributed by atoms with van der Waals surface area (Å²) in [5.41, 5.74) is 2.82. The van der Waals surface area contributed by atoms with Crippen molar-refractivity contribution >= 4 is 17.6 Å². The van der Waals surface area contributed by atoms with Crippen LogP contribution in [0.1, 0.15) is 17.9 Å². The van der Waals surface area contributed by atoms with Gasteiger partial charge in [-0.1, -0.05) is 48.0 Å². The molecular formula is C22H20N2O4. The van der Waals surface area contributed by atoms with Crippen LogP contribution in [0.5, 0.6) is 0 Å². The number of anilines is 1. The monoisotopic (exact) mass is 376 g/mol. The van der Waals surface area contributed by atoms with E-state index in [1.54, 1.807) is 11.1 Å². The lowest BCUT2D eigenvalue weighted by atomic mass is 10.1. The SMILES string of the molecule is Cc1ccc(N2C[C@H](C(=O)OCc3ncc(-c4ccccc4)o3)CC2=O)cc1. The smallest absolute Gasteiger partial charge is 0.311 e. The van der Waals surface area contributed by atoms with Crippen LogP contribution in [-0.2, 0) is 20.9 Å². The molecule has 0 unspecified atom stereocenters. The number of nitrogens with zero attached hydrogens (tertiary/aromatic N) is 2. The number of hydrogen-bond acceptors (Lipinski definition) is 5. The van der Waals surface area contributed by atoms with Gasteiger partial charge in [0, 0.05) is 24.2 Å². The number of benzene rings is 2. The summed E-state index contributed by atoms with van der Waals surface area (Å²) in [6, 6.07) is 17.2. The van der Waals surface area contributed by atoms with Gasteiger partial charge in [-0.05, 0) is 19.1 Å². The highest BCUT2D eigenvalue weighted by Gasteiger charge is 2.36. The van der Waals surface area contributed by atoms with Crippen LogP contribution in [0.4, 0.5) is 5.69 Å². The van der Waals surface area contributed by atoms with E-state index in [0.717, 1.165) is 16.8 Å². The average Bonchev–Trinajstić information content (AvgIpc) is 3.34. The minimum Gasteiger partial charge on any atom is -0.455 e. The topological polar surface area (TPSA) is 72.6 Å². The van der Waals surface area contributed by atoms with Crippen LogP contribution in [-0.4, -0.2) is 23.4 Å². The molecule has 0 radical (unpaired) electrons. The molecule has 0 aliphatic carbocycles. The van der Waals surface area contributed by atoms with Crippen LogP contribution >= 0.6 is 0 Å². The Kier molecular flexibility index (Phi) is 4.93. The normalized spacial score (nSPS) is 16.4. The fourth-order valence-corrected chi connectivity index (χ4v) is 3.20. The zero-order valence-corrected chi connectivity index (χ0v) is 15.5. The van der Waals surface area contributed by atoms with Crippen LogP contribution in [0, 0.1) is 12.8 Å². The highest BCUT2D eigenvalue weighted by Crippen LogP contribution is 2.26. The van der Waals surface area contributed by atoms with Crippen molar-refractivity contribution in [2.75, 3.05) is 11.4 Å². The van der Waals surface area contributed by atoms with Crippen molar-refractivity contribution < 1.29 is 18.7 Å². The molecule has 142 valence electrons. The molecule has 4 rings (SSSR count). The van der Waals surface area contributed by atoms with Gasteiger partial charge in [-0.2, -0.15) is 0 Å². The maximum absolute atomic E-state index is 12.4. The molecule has 3 aromatic rings. The van der Waals surface area contributed by atoms with E-state index in [1.165, 1.54) is 0 Å². The van der Waals surface area contributed by atoms with Gasteiger partial charge in [-0.25, -0.2) is 4.98 Å². The summed E-state index contributed by atoms with van der Waals surface area (Å²) in [7, 11) is 0. The Morgan fingerprint density at radius 3 is 2.68 bits per heavy atom. The second kappa shape index (κ2) is 7.68. The molecule has 0 spiro atoms. The maximum atomic E-state index is 12.4. The third kappa shape index (κ3) is 3.81. The van der Waals surface area contributed by atoms with Gasteiger partial charge >= 0.3 is 5.97 Å². The lowest BCUT2D eigenvalue weighted by Gasteiger charge is -2.16. The summed E-state index contributed by atoms with van der Waals surface area (Å²) in [6.45, 7) is 2.25. The van der Waals surface area contributed by atoms with Crippen molar-refractivity contribution in [2.24, 2.45) is 5.92 Å². The zero-order chi connectivity index (χ0) is 19.5. The largest absolute Gasteiger partial charge is 0.455 e. The minimum absolute atomic E-state index is 0.0547. The number of aromatic nitrogens is 1. The van der Waals surface area contributed by atoms with Gasteiger partial charge < -0.3 is 14.1 Å². The number of carbonyl (C=O) groups excluding carboxylic acids is 2. The first-order chi connectivity index (χ1) is 13.6. The van der Waals surface area contributed by atoms with Gasteiger partial charge in [0.2, 0.25) is 11.8 Å². The van der Waals surface area contributed by atoms with Gasteiger partial charge in [-0.15, -0.1) is 0 Å². The Labute approximate surface area is 162 Å². The summed E-state index contributed by atoms with van der Waals surface area (Å²) in [6.07, 6.45) is 1.75. The standard InChI is InChI=1S/C22H20N2O4/c1-15-7-9-18(10-8-15)24-13-17(11-21(24)25)22(26)27-14-20-23-12-19(28-20)16-5-3-2-4-6-16/h2-10,12,17H,11,13-14H2,1H3/t17-/m1/s1. The molecular weight excluding hydrogens is 356 g/mol. The Morgan fingerprint density at radius 1 is 1.18 bits per heavy atom. The Bertz CT molecular complexity index is 979. The van der Waals surface area contributed by atoms with E-state index in [1.807, 2.05) is 61.5 Å². The molecule has 1 saturated heterocycles. The molecule has 1 aromatic heterocycles. The molecule has 0 bridgehead atoms. The molecule has 0 N–H and O–H groups in total. The molecule has 1 atom stereocenters. The molecule has 6 heteroatoms.